The van der Waals surface area contributed by atoms with E-state index in [0.29, 0.717) is 11.2 Å². The van der Waals surface area contributed by atoms with Crippen LogP contribution in [-0.2, 0) is 0 Å². The van der Waals surface area contributed by atoms with Crippen LogP contribution in [0.5, 0.6) is 0 Å². The molecular formula is C10H10N2O3. The second-order valence-electron chi connectivity index (χ2n) is 3.31. The third-order valence-corrected chi connectivity index (χ3v) is 2.23. The molecule has 5 nitrogen and oxygen atoms in total. The maximum atomic E-state index is 11.0. The first-order valence-electron chi connectivity index (χ1n) is 4.48. The van der Waals surface area contributed by atoms with Gasteiger partial charge in [-0.1, -0.05) is 0 Å². The number of imidazole rings is 1. The van der Waals surface area contributed by atoms with E-state index in [0.717, 1.165) is 0 Å². The number of hydrogen-bond acceptors (Lipinski definition) is 3. The van der Waals surface area contributed by atoms with Gasteiger partial charge in [0.1, 0.15) is 11.3 Å². The summed E-state index contributed by atoms with van der Waals surface area (Å²) in [5.74, 6) is -1.04. The Hall–Kier alpha value is -1.88. The minimum atomic E-state index is -1.04. The molecular weight excluding hydrogens is 196 g/mol. The Kier molecular flexibility index (Phi) is 2.17. The number of fused-ring (bicyclic) bond motifs is 1. The zero-order chi connectivity index (χ0) is 11.0. The van der Waals surface area contributed by atoms with Crippen molar-refractivity contribution in [2.24, 2.45) is 0 Å². The monoisotopic (exact) mass is 206 g/mol. The van der Waals surface area contributed by atoms with E-state index in [-0.39, 0.29) is 5.69 Å². The van der Waals surface area contributed by atoms with Gasteiger partial charge in [0.25, 0.3) is 0 Å². The summed E-state index contributed by atoms with van der Waals surface area (Å²) in [6.07, 6.45) is 2.39. The van der Waals surface area contributed by atoms with Crippen LogP contribution in [0.3, 0.4) is 0 Å². The van der Waals surface area contributed by atoms with Gasteiger partial charge in [-0.3, -0.25) is 4.40 Å². The van der Waals surface area contributed by atoms with Crippen molar-refractivity contribution in [3.63, 3.8) is 0 Å². The number of rotatable bonds is 2. The highest BCUT2D eigenvalue weighted by Gasteiger charge is 2.12. The first-order valence-corrected chi connectivity index (χ1v) is 4.48. The van der Waals surface area contributed by atoms with Gasteiger partial charge in [0.05, 0.1) is 6.10 Å². The molecule has 0 aliphatic carbocycles. The van der Waals surface area contributed by atoms with Gasteiger partial charge in [-0.25, -0.2) is 9.78 Å². The van der Waals surface area contributed by atoms with Crippen LogP contribution in [-0.4, -0.2) is 25.6 Å². The van der Waals surface area contributed by atoms with Gasteiger partial charge in [0, 0.05) is 12.4 Å². The SMILES string of the molecule is CC(O)c1cc(C(=O)O)n2ccnc2c1. The van der Waals surface area contributed by atoms with Crippen LogP contribution in [0, 0.1) is 0 Å². The number of carboxylic acid groups (broad SMARTS) is 1. The molecule has 2 aromatic heterocycles. The standard InChI is InChI=1S/C10H10N2O3/c1-6(13)7-4-8(10(14)15)12-3-2-11-9(12)5-7/h2-6,13H,1H3,(H,14,15). The molecule has 2 rings (SSSR count). The van der Waals surface area contributed by atoms with Gasteiger partial charge in [-0.2, -0.15) is 0 Å². The fourth-order valence-electron chi connectivity index (χ4n) is 1.45. The molecule has 0 bridgehead atoms. The van der Waals surface area contributed by atoms with E-state index in [2.05, 4.69) is 4.98 Å². The van der Waals surface area contributed by atoms with Gasteiger partial charge in [0.2, 0.25) is 0 Å². The van der Waals surface area contributed by atoms with Gasteiger partial charge >= 0.3 is 5.97 Å². The molecule has 0 aliphatic rings. The third kappa shape index (κ3) is 1.57. The van der Waals surface area contributed by atoms with Crippen LogP contribution >= 0.6 is 0 Å². The molecule has 2 N–H and O–H groups in total. The summed E-state index contributed by atoms with van der Waals surface area (Å²) < 4.78 is 1.47. The van der Waals surface area contributed by atoms with E-state index in [4.69, 9.17) is 5.11 Å². The molecule has 0 saturated carbocycles. The average Bonchev–Trinajstić information content (AvgIpc) is 2.62. The number of hydrogen-bond donors (Lipinski definition) is 2. The van der Waals surface area contributed by atoms with Crippen LogP contribution in [0.15, 0.2) is 24.5 Å². The summed E-state index contributed by atoms with van der Waals surface area (Å²) >= 11 is 0. The first kappa shape index (κ1) is 9.67. The maximum Gasteiger partial charge on any atom is 0.352 e. The van der Waals surface area contributed by atoms with E-state index in [1.165, 1.54) is 16.7 Å². The van der Waals surface area contributed by atoms with Crippen LogP contribution in [0.4, 0.5) is 0 Å². The lowest BCUT2D eigenvalue weighted by atomic mass is 10.1. The summed E-state index contributed by atoms with van der Waals surface area (Å²) in [5.41, 5.74) is 1.16. The topological polar surface area (TPSA) is 74.8 Å². The Balaban J connectivity index is 2.74. The first-order chi connectivity index (χ1) is 7.09. The Labute approximate surface area is 85.6 Å². The van der Waals surface area contributed by atoms with Crippen molar-refractivity contribution in [1.82, 2.24) is 9.38 Å². The summed E-state index contributed by atoms with van der Waals surface area (Å²) in [5, 5.41) is 18.4. The summed E-state index contributed by atoms with van der Waals surface area (Å²) in [6, 6.07) is 3.11. The Bertz CT molecular complexity index is 516. The number of carboxylic acids is 1. The molecule has 1 unspecified atom stereocenters. The molecule has 0 aromatic carbocycles. The summed E-state index contributed by atoms with van der Waals surface area (Å²) in [4.78, 5) is 15.0. The van der Waals surface area contributed by atoms with Crippen molar-refractivity contribution in [2.45, 2.75) is 13.0 Å². The summed E-state index contributed by atoms with van der Waals surface area (Å²) in [7, 11) is 0. The maximum absolute atomic E-state index is 11.0. The zero-order valence-corrected chi connectivity index (χ0v) is 8.08. The highest BCUT2D eigenvalue weighted by Crippen LogP contribution is 2.17. The molecule has 0 spiro atoms. The minimum absolute atomic E-state index is 0.0981. The lowest BCUT2D eigenvalue weighted by Gasteiger charge is -2.07. The molecule has 1 atom stereocenters. The predicted octanol–water partition coefficient (Wildman–Crippen LogP) is 1.09. The van der Waals surface area contributed by atoms with Crippen LogP contribution in [0.2, 0.25) is 0 Å². The lowest BCUT2D eigenvalue weighted by molar-refractivity contribution is 0.0688. The summed E-state index contributed by atoms with van der Waals surface area (Å²) in [6.45, 7) is 1.58. The van der Waals surface area contributed by atoms with Crippen molar-refractivity contribution < 1.29 is 15.0 Å². The molecule has 0 aliphatic heterocycles. The van der Waals surface area contributed by atoms with E-state index in [9.17, 15) is 9.90 Å². The normalized spacial score (nSPS) is 12.9. The highest BCUT2D eigenvalue weighted by molar-refractivity contribution is 5.87. The van der Waals surface area contributed by atoms with Gasteiger partial charge in [-0.15, -0.1) is 0 Å². The predicted molar refractivity (Wildman–Crippen MR) is 52.8 cm³/mol. The number of aromatic nitrogens is 2. The van der Waals surface area contributed by atoms with Crippen molar-refractivity contribution in [3.05, 3.63) is 35.8 Å². The minimum Gasteiger partial charge on any atom is -0.477 e. The second kappa shape index (κ2) is 3.36. The highest BCUT2D eigenvalue weighted by atomic mass is 16.4. The molecule has 0 saturated heterocycles. The molecule has 0 amide bonds. The number of aromatic carboxylic acids is 1. The Morgan fingerprint density at radius 3 is 2.87 bits per heavy atom. The molecule has 15 heavy (non-hydrogen) atoms. The van der Waals surface area contributed by atoms with Gasteiger partial charge in [0.15, 0.2) is 0 Å². The van der Waals surface area contributed by atoms with E-state index in [1.54, 1.807) is 19.2 Å². The number of carbonyl (C=O) groups is 1. The molecule has 0 fully saturated rings. The second-order valence-corrected chi connectivity index (χ2v) is 3.31. The lowest BCUT2D eigenvalue weighted by Crippen LogP contribution is -2.06. The molecule has 2 heterocycles. The van der Waals surface area contributed by atoms with Crippen molar-refractivity contribution >= 4 is 11.6 Å². The fraction of sp³-hybridized carbons (Fsp3) is 0.200. The number of pyridine rings is 1. The van der Waals surface area contributed by atoms with E-state index in [1.807, 2.05) is 0 Å². The van der Waals surface area contributed by atoms with Crippen LogP contribution in [0.1, 0.15) is 29.1 Å². The fourth-order valence-corrected chi connectivity index (χ4v) is 1.45. The molecule has 78 valence electrons. The van der Waals surface area contributed by atoms with Gasteiger partial charge < -0.3 is 10.2 Å². The average molecular weight is 206 g/mol. The van der Waals surface area contributed by atoms with Gasteiger partial charge in [-0.05, 0) is 24.6 Å². The van der Waals surface area contributed by atoms with Crippen molar-refractivity contribution in [3.8, 4) is 0 Å². The Morgan fingerprint density at radius 1 is 1.53 bits per heavy atom. The van der Waals surface area contributed by atoms with Crippen molar-refractivity contribution in [2.75, 3.05) is 0 Å². The van der Waals surface area contributed by atoms with Crippen LogP contribution < -0.4 is 0 Å². The van der Waals surface area contributed by atoms with Crippen LogP contribution in [0.25, 0.3) is 5.65 Å². The quantitative estimate of drug-likeness (QED) is 0.771. The van der Waals surface area contributed by atoms with E-state index < -0.39 is 12.1 Å². The van der Waals surface area contributed by atoms with E-state index >= 15 is 0 Å². The molecule has 5 heteroatoms. The largest absolute Gasteiger partial charge is 0.477 e. The smallest absolute Gasteiger partial charge is 0.352 e. The number of aliphatic hydroxyl groups is 1. The van der Waals surface area contributed by atoms with Crippen molar-refractivity contribution in [1.29, 1.82) is 0 Å². The molecule has 2 aromatic rings. The Morgan fingerprint density at radius 2 is 2.27 bits per heavy atom. The number of aliphatic hydroxyl groups excluding tert-OH is 1. The number of nitrogens with zero attached hydrogens (tertiary/aromatic N) is 2. The zero-order valence-electron chi connectivity index (χ0n) is 8.08. The third-order valence-electron chi connectivity index (χ3n) is 2.23. The molecule has 0 radical (unpaired) electrons.